The number of likely N-dealkylation sites (tertiary alicyclic amines) is 1. The number of thiazole rings is 1. The number of sulfonamides is 1. The van der Waals surface area contributed by atoms with Gasteiger partial charge in [-0.15, -0.1) is 11.3 Å². The van der Waals surface area contributed by atoms with Crippen molar-refractivity contribution >= 4 is 21.4 Å². The van der Waals surface area contributed by atoms with Gasteiger partial charge in [0, 0.05) is 37.4 Å². The molecule has 1 aromatic carbocycles. The van der Waals surface area contributed by atoms with Gasteiger partial charge in [0.1, 0.15) is 0 Å². The van der Waals surface area contributed by atoms with Crippen molar-refractivity contribution < 1.29 is 8.42 Å². The van der Waals surface area contributed by atoms with Crippen LogP contribution in [0, 0.1) is 6.92 Å². The lowest BCUT2D eigenvalue weighted by molar-refractivity contribution is 0.183. The summed E-state index contributed by atoms with van der Waals surface area (Å²) in [5.74, 6) is 0. The average molecular weight is 427 g/mol. The van der Waals surface area contributed by atoms with E-state index < -0.39 is 15.6 Å². The van der Waals surface area contributed by atoms with E-state index >= 15 is 0 Å². The largest absolute Gasteiger partial charge is 0.297 e. The molecule has 29 heavy (non-hydrogen) atoms. The van der Waals surface area contributed by atoms with Gasteiger partial charge in [0.15, 0.2) is 0 Å². The van der Waals surface area contributed by atoms with Gasteiger partial charge < -0.3 is 0 Å². The van der Waals surface area contributed by atoms with Crippen LogP contribution in [0.25, 0.3) is 0 Å². The van der Waals surface area contributed by atoms with Gasteiger partial charge in [-0.1, -0.05) is 24.3 Å². The Labute approximate surface area is 174 Å². The predicted molar refractivity (Wildman–Crippen MR) is 112 cm³/mol. The average Bonchev–Trinajstić information content (AvgIpc) is 3.37. The molecule has 2 aliphatic heterocycles. The third-order valence-electron chi connectivity index (χ3n) is 5.86. The predicted octanol–water partition coefficient (Wildman–Crippen LogP) is 3.15. The topological polar surface area (TPSA) is 66.4 Å². The second-order valence-corrected chi connectivity index (χ2v) is 10.6. The smallest absolute Gasteiger partial charge is 0.244 e. The van der Waals surface area contributed by atoms with Crippen LogP contribution in [0.1, 0.15) is 28.2 Å². The van der Waals surface area contributed by atoms with E-state index in [0.717, 1.165) is 41.3 Å². The molecule has 5 rings (SSSR count). The third kappa shape index (κ3) is 3.11. The maximum atomic E-state index is 13.5. The fourth-order valence-electron chi connectivity index (χ4n) is 4.60. The molecule has 1 saturated heterocycles. The van der Waals surface area contributed by atoms with E-state index in [0.29, 0.717) is 18.0 Å². The number of rotatable bonds is 4. The molecule has 1 spiro atoms. The number of aromatic nitrogens is 2. The molecule has 150 valence electrons. The molecule has 4 heterocycles. The van der Waals surface area contributed by atoms with Crippen LogP contribution in [0.2, 0.25) is 0 Å². The van der Waals surface area contributed by atoms with Crippen molar-refractivity contribution in [3.05, 3.63) is 76.0 Å². The Balaban J connectivity index is 1.53. The first-order valence-electron chi connectivity index (χ1n) is 9.64. The van der Waals surface area contributed by atoms with Gasteiger partial charge in [-0.2, -0.15) is 4.31 Å². The van der Waals surface area contributed by atoms with Crippen molar-refractivity contribution in [3.8, 4) is 0 Å². The highest BCUT2D eigenvalue weighted by Gasteiger charge is 2.56. The van der Waals surface area contributed by atoms with Crippen molar-refractivity contribution in [1.82, 2.24) is 19.2 Å². The second kappa shape index (κ2) is 6.98. The molecule has 2 aliphatic rings. The summed E-state index contributed by atoms with van der Waals surface area (Å²) in [6, 6.07) is 11.5. The number of pyridine rings is 1. The van der Waals surface area contributed by atoms with Crippen molar-refractivity contribution in [2.45, 2.75) is 36.9 Å². The SMILES string of the molecule is Cc1nc(CN2C3(CCN(Cc4cccnc4)C3)c3ccccc3S2(=O)=O)cs1. The molecule has 1 atom stereocenters. The number of hydrogen-bond donors (Lipinski definition) is 0. The molecular formula is C21H22N4O2S2. The molecule has 6 nitrogen and oxygen atoms in total. The molecule has 8 heteroatoms. The quantitative estimate of drug-likeness (QED) is 0.641. The number of fused-ring (bicyclic) bond motifs is 2. The number of nitrogens with zero attached hydrogens (tertiary/aromatic N) is 4. The third-order valence-corrected chi connectivity index (χ3v) is 8.65. The lowest BCUT2D eigenvalue weighted by Gasteiger charge is -2.34. The van der Waals surface area contributed by atoms with Crippen LogP contribution < -0.4 is 0 Å². The fraction of sp³-hybridized carbons (Fsp3) is 0.333. The summed E-state index contributed by atoms with van der Waals surface area (Å²) in [6.07, 6.45) is 4.42. The lowest BCUT2D eigenvalue weighted by atomic mass is 9.89. The van der Waals surface area contributed by atoms with Gasteiger partial charge in [-0.3, -0.25) is 9.88 Å². The highest BCUT2D eigenvalue weighted by atomic mass is 32.2. The van der Waals surface area contributed by atoms with Gasteiger partial charge in [0.2, 0.25) is 10.0 Å². The second-order valence-electron chi connectivity index (χ2n) is 7.72. The van der Waals surface area contributed by atoms with Gasteiger partial charge in [0.25, 0.3) is 0 Å². The van der Waals surface area contributed by atoms with Crippen LogP contribution in [0.3, 0.4) is 0 Å². The zero-order valence-electron chi connectivity index (χ0n) is 16.2. The van der Waals surface area contributed by atoms with E-state index in [4.69, 9.17) is 0 Å². The molecule has 0 radical (unpaired) electrons. The van der Waals surface area contributed by atoms with Crippen molar-refractivity contribution in [2.75, 3.05) is 13.1 Å². The Bertz CT molecular complexity index is 1150. The van der Waals surface area contributed by atoms with Crippen LogP contribution in [-0.2, 0) is 28.7 Å². The minimum absolute atomic E-state index is 0.308. The maximum Gasteiger partial charge on any atom is 0.244 e. The van der Waals surface area contributed by atoms with Crippen LogP contribution in [0.4, 0.5) is 0 Å². The minimum Gasteiger partial charge on any atom is -0.297 e. The molecule has 0 amide bonds. The van der Waals surface area contributed by atoms with Crippen molar-refractivity contribution in [3.63, 3.8) is 0 Å². The zero-order chi connectivity index (χ0) is 20.1. The number of hydrogen-bond acceptors (Lipinski definition) is 6. The van der Waals surface area contributed by atoms with E-state index in [2.05, 4.69) is 20.9 Å². The van der Waals surface area contributed by atoms with E-state index in [1.807, 2.05) is 42.8 Å². The van der Waals surface area contributed by atoms with E-state index in [1.54, 1.807) is 27.9 Å². The summed E-state index contributed by atoms with van der Waals surface area (Å²) in [5, 5.41) is 2.91. The summed E-state index contributed by atoms with van der Waals surface area (Å²) in [4.78, 5) is 11.5. The van der Waals surface area contributed by atoms with Gasteiger partial charge >= 0.3 is 0 Å². The Morgan fingerprint density at radius 1 is 1.17 bits per heavy atom. The van der Waals surface area contributed by atoms with E-state index in [1.165, 1.54) is 0 Å². The Kier molecular flexibility index (Phi) is 4.54. The van der Waals surface area contributed by atoms with Crippen LogP contribution >= 0.6 is 11.3 Å². The first-order valence-corrected chi connectivity index (χ1v) is 12.0. The van der Waals surface area contributed by atoms with Gasteiger partial charge in [-0.05, 0) is 36.6 Å². The molecule has 1 unspecified atom stereocenters. The molecule has 0 saturated carbocycles. The van der Waals surface area contributed by atoms with Crippen LogP contribution in [-0.4, -0.2) is 40.7 Å². The molecule has 2 aromatic heterocycles. The van der Waals surface area contributed by atoms with Crippen LogP contribution in [0.15, 0.2) is 59.1 Å². The number of benzene rings is 1. The number of aryl methyl sites for hydroxylation is 1. The van der Waals surface area contributed by atoms with Crippen molar-refractivity contribution in [2.24, 2.45) is 0 Å². The van der Waals surface area contributed by atoms with Crippen LogP contribution in [0.5, 0.6) is 0 Å². The Morgan fingerprint density at radius 3 is 2.79 bits per heavy atom. The summed E-state index contributed by atoms with van der Waals surface area (Å²) >= 11 is 1.56. The molecule has 0 bridgehead atoms. The molecule has 0 N–H and O–H groups in total. The lowest BCUT2D eigenvalue weighted by Crippen LogP contribution is -2.45. The monoisotopic (exact) mass is 426 g/mol. The normalized spacial score (nSPS) is 23.6. The summed E-state index contributed by atoms with van der Waals surface area (Å²) in [7, 11) is -3.56. The Hall–Kier alpha value is -2.13. The van der Waals surface area contributed by atoms with Crippen molar-refractivity contribution in [1.29, 1.82) is 0 Å². The minimum atomic E-state index is -3.56. The highest BCUT2D eigenvalue weighted by molar-refractivity contribution is 7.89. The first-order chi connectivity index (χ1) is 14.0. The summed E-state index contributed by atoms with van der Waals surface area (Å²) in [6.45, 7) is 4.53. The summed E-state index contributed by atoms with van der Waals surface area (Å²) < 4.78 is 28.7. The van der Waals surface area contributed by atoms with Gasteiger partial charge in [-0.25, -0.2) is 13.4 Å². The Morgan fingerprint density at radius 2 is 2.03 bits per heavy atom. The summed E-state index contributed by atoms with van der Waals surface area (Å²) in [5.41, 5.74) is 2.32. The highest BCUT2D eigenvalue weighted by Crippen LogP contribution is 2.50. The molecule has 1 fully saturated rings. The maximum absolute atomic E-state index is 13.5. The molecule has 0 aliphatic carbocycles. The first kappa shape index (κ1) is 18.9. The van der Waals surface area contributed by atoms with Gasteiger partial charge in [0.05, 0.1) is 27.7 Å². The molecular weight excluding hydrogens is 404 g/mol. The van der Waals surface area contributed by atoms with E-state index in [9.17, 15) is 8.42 Å². The molecule has 3 aromatic rings. The standard InChI is InChI=1S/C21H22N4O2S2/c1-16-23-18(14-28-16)13-25-21(19-6-2-3-7-20(19)29(25,26)27)8-10-24(15-21)12-17-5-4-9-22-11-17/h2-7,9,11,14H,8,10,12-13,15H2,1H3. The van der Waals surface area contributed by atoms with E-state index in [-0.39, 0.29) is 0 Å². The zero-order valence-corrected chi connectivity index (χ0v) is 17.8. The fourth-order valence-corrected chi connectivity index (χ4v) is 7.24.